The summed E-state index contributed by atoms with van der Waals surface area (Å²) in [6.07, 6.45) is 6.00. The van der Waals surface area contributed by atoms with Gasteiger partial charge < -0.3 is 33.5 Å². The maximum atomic E-state index is 11.6. The van der Waals surface area contributed by atoms with Crippen molar-refractivity contribution < 1.29 is 33.5 Å². The number of halogens is 2. The van der Waals surface area contributed by atoms with Gasteiger partial charge in [-0.1, -0.05) is 77.1 Å². The van der Waals surface area contributed by atoms with Gasteiger partial charge in [-0.05, 0) is 84.3 Å². The van der Waals surface area contributed by atoms with E-state index in [4.69, 9.17) is 40.0 Å². The van der Waals surface area contributed by atoms with Gasteiger partial charge in [-0.15, -0.1) is 0 Å². The summed E-state index contributed by atoms with van der Waals surface area (Å²) in [5, 5.41) is 12.1. The quantitative estimate of drug-likeness (QED) is 0.121. The molecule has 46 heavy (non-hydrogen) atoms. The van der Waals surface area contributed by atoms with Crippen LogP contribution in [0.25, 0.3) is 0 Å². The molecule has 1 aliphatic rings. The summed E-state index contributed by atoms with van der Waals surface area (Å²) in [5.74, 6) is 0.863. The summed E-state index contributed by atoms with van der Waals surface area (Å²) in [4.78, 5) is 0. The Balaban J connectivity index is 2.06. The molecule has 2 aromatic rings. The Bertz CT molecular complexity index is 1130. The topological polar surface area (TPSA) is 75.6 Å². The maximum Gasteiger partial charge on any atom is 0.137 e. The minimum Gasteiger partial charge on any atom is -0.506 e. The number of rotatable bonds is 22. The largest absolute Gasteiger partial charge is 0.506 e. The van der Waals surface area contributed by atoms with Crippen LogP contribution in [0.1, 0.15) is 109 Å². The van der Waals surface area contributed by atoms with Crippen molar-refractivity contribution in [2.45, 2.75) is 123 Å². The summed E-state index contributed by atoms with van der Waals surface area (Å²) in [6, 6.07) is 9.95. The third-order valence-corrected chi connectivity index (χ3v) is 9.64. The van der Waals surface area contributed by atoms with Crippen LogP contribution in [0.15, 0.2) is 34.8 Å². The summed E-state index contributed by atoms with van der Waals surface area (Å²) >= 11 is 10.4. The number of benzene rings is 2. The van der Waals surface area contributed by atoms with E-state index in [1.165, 1.54) is 0 Å². The third-order valence-electron chi connectivity index (χ3n) is 8.20. The summed E-state index contributed by atoms with van der Waals surface area (Å²) in [6.45, 7) is 13.9. The Kier molecular flexibility index (Phi) is 18.3. The zero-order valence-electron chi connectivity index (χ0n) is 28.5. The molecule has 1 heterocycles. The van der Waals surface area contributed by atoms with Gasteiger partial charge in [0.1, 0.15) is 42.0 Å². The molecule has 3 rings (SSSR count). The van der Waals surface area contributed by atoms with E-state index < -0.39 is 24.4 Å². The highest BCUT2D eigenvalue weighted by molar-refractivity contribution is 9.10. The van der Waals surface area contributed by atoms with Gasteiger partial charge in [0, 0.05) is 32.0 Å². The fourth-order valence-electron chi connectivity index (χ4n) is 5.54. The van der Waals surface area contributed by atoms with Gasteiger partial charge in [-0.3, -0.25) is 0 Å². The molecule has 2 aromatic carbocycles. The lowest BCUT2D eigenvalue weighted by Crippen LogP contribution is -2.58. The van der Waals surface area contributed by atoms with Gasteiger partial charge in [0.15, 0.2) is 0 Å². The zero-order valence-corrected chi connectivity index (χ0v) is 30.9. The van der Waals surface area contributed by atoms with Crippen molar-refractivity contribution in [1.29, 1.82) is 0 Å². The van der Waals surface area contributed by atoms with Gasteiger partial charge in [0.25, 0.3) is 0 Å². The van der Waals surface area contributed by atoms with Crippen LogP contribution in [-0.2, 0) is 30.1 Å². The average molecular weight is 728 g/mol. The maximum absolute atomic E-state index is 11.6. The normalized spacial score (nSPS) is 21.5. The molecule has 1 saturated heterocycles. The van der Waals surface area contributed by atoms with Gasteiger partial charge in [0.05, 0.1) is 22.7 Å². The fraction of sp³-hybridized carbons (Fsp3) is 0.676. The predicted molar refractivity (Wildman–Crippen MR) is 189 cm³/mol. The second-order valence-electron chi connectivity index (χ2n) is 11.9. The first kappa shape index (κ1) is 39.1. The second kappa shape index (κ2) is 21.6. The van der Waals surface area contributed by atoms with Crippen LogP contribution in [0.2, 0.25) is 5.02 Å². The number of phenols is 1. The number of phenolic OH excluding ortho intramolecular Hbond substituents is 1. The zero-order chi connectivity index (χ0) is 33.3. The van der Waals surface area contributed by atoms with Crippen molar-refractivity contribution >= 4 is 27.5 Å². The molecular weight excluding hydrogens is 672 g/mol. The first-order valence-electron chi connectivity index (χ1n) is 17.4. The van der Waals surface area contributed by atoms with Crippen LogP contribution in [0.4, 0.5) is 0 Å². The lowest BCUT2D eigenvalue weighted by Gasteiger charge is -2.46. The van der Waals surface area contributed by atoms with Crippen molar-refractivity contribution in [2.75, 3.05) is 39.6 Å². The number of hydrogen-bond acceptors (Lipinski definition) is 7. The van der Waals surface area contributed by atoms with Crippen LogP contribution < -0.4 is 4.74 Å². The van der Waals surface area contributed by atoms with Crippen LogP contribution in [0.3, 0.4) is 0 Å². The highest BCUT2D eigenvalue weighted by atomic mass is 79.9. The van der Waals surface area contributed by atoms with Crippen LogP contribution in [0.5, 0.6) is 11.5 Å². The van der Waals surface area contributed by atoms with Crippen molar-refractivity contribution in [3.63, 3.8) is 0 Å². The Morgan fingerprint density at radius 1 is 0.783 bits per heavy atom. The smallest absolute Gasteiger partial charge is 0.137 e. The van der Waals surface area contributed by atoms with Crippen LogP contribution in [-0.4, -0.2) is 69.2 Å². The van der Waals surface area contributed by atoms with Gasteiger partial charge in [-0.25, -0.2) is 0 Å². The first-order chi connectivity index (χ1) is 22.4. The van der Waals surface area contributed by atoms with E-state index in [0.717, 1.165) is 68.2 Å². The summed E-state index contributed by atoms with van der Waals surface area (Å²) in [5.41, 5.74) is 2.54. The Labute approximate surface area is 290 Å². The van der Waals surface area contributed by atoms with Gasteiger partial charge >= 0.3 is 0 Å². The van der Waals surface area contributed by atoms with E-state index >= 15 is 0 Å². The van der Waals surface area contributed by atoms with Crippen molar-refractivity contribution in [1.82, 2.24) is 0 Å². The number of aromatic hydroxyl groups is 1. The standard InChI is InChI=1S/C37H56BrClO7/c1-6-11-19-41-25-30-35(43-20-12-7-2)37(45-22-14-9-4)36(44-21-13-8-3)34(46-30)29-24-27(32(39)31(38)33(29)40)23-26-15-17-28(18-16-26)42-10-5/h15-18,24,30,34-37,40H,6-14,19-23,25H2,1-5H3/t30-,34+,35-,36+,37+/m1/s1. The lowest BCUT2D eigenvalue weighted by atomic mass is 9.88. The molecule has 0 radical (unpaired) electrons. The SMILES string of the molecule is CCCCOC[C@H]1O[C@@H](c2cc(Cc3ccc(OCC)cc3)c(Cl)c(Br)c2O)[C@H](OCCCC)[C@@H](OCCCC)[C@@H]1OCCCC. The number of hydrogen-bond donors (Lipinski definition) is 1. The summed E-state index contributed by atoms with van der Waals surface area (Å²) < 4.78 is 38.9. The summed E-state index contributed by atoms with van der Waals surface area (Å²) in [7, 11) is 0. The molecule has 1 aliphatic heterocycles. The molecule has 1 fully saturated rings. The highest BCUT2D eigenvalue weighted by Gasteiger charge is 2.49. The van der Waals surface area contributed by atoms with E-state index in [1.807, 2.05) is 37.3 Å². The average Bonchev–Trinajstić information content (AvgIpc) is 3.06. The monoisotopic (exact) mass is 726 g/mol. The predicted octanol–water partition coefficient (Wildman–Crippen LogP) is 9.61. The molecule has 0 saturated carbocycles. The van der Waals surface area contributed by atoms with Gasteiger partial charge in [-0.2, -0.15) is 0 Å². The molecule has 5 atom stereocenters. The van der Waals surface area contributed by atoms with Crippen molar-refractivity contribution in [2.24, 2.45) is 0 Å². The second-order valence-corrected chi connectivity index (χ2v) is 13.1. The Hall–Kier alpha value is -1.39. The molecule has 7 nitrogen and oxygen atoms in total. The Morgan fingerprint density at radius 2 is 1.35 bits per heavy atom. The fourth-order valence-corrected chi connectivity index (χ4v) is 6.23. The molecule has 0 amide bonds. The van der Waals surface area contributed by atoms with Crippen LogP contribution in [0, 0.1) is 0 Å². The Morgan fingerprint density at radius 3 is 1.93 bits per heavy atom. The van der Waals surface area contributed by atoms with E-state index in [2.05, 4.69) is 43.6 Å². The van der Waals surface area contributed by atoms with E-state index in [-0.39, 0.29) is 11.9 Å². The molecule has 0 bridgehead atoms. The first-order valence-corrected chi connectivity index (χ1v) is 18.6. The molecular formula is C37H56BrClO7. The molecule has 0 spiro atoms. The molecule has 0 aromatic heterocycles. The van der Waals surface area contributed by atoms with E-state index in [9.17, 15) is 5.11 Å². The number of unbranched alkanes of at least 4 members (excludes halogenated alkanes) is 4. The van der Waals surface area contributed by atoms with Crippen molar-refractivity contribution in [3.05, 3.63) is 56.5 Å². The molecule has 9 heteroatoms. The van der Waals surface area contributed by atoms with E-state index in [1.54, 1.807) is 0 Å². The molecule has 1 N–H and O–H groups in total. The third kappa shape index (κ3) is 11.4. The molecule has 0 aliphatic carbocycles. The molecule has 260 valence electrons. The highest BCUT2D eigenvalue weighted by Crippen LogP contribution is 2.46. The van der Waals surface area contributed by atoms with Crippen LogP contribution >= 0.6 is 27.5 Å². The number of ether oxygens (including phenoxy) is 6. The minimum absolute atomic E-state index is 0.0397. The van der Waals surface area contributed by atoms with Gasteiger partial charge in [0.2, 0.25) is 0 Å². The lowest BCUT2D eigenvalue weighted by molar-refractivity contribution is -0.268. The molecule has 0 unspecified atom stereocenters. The van der Waals surface area contributed by atoms with Crippen molar-refractivity contribution in [3.8, 4) is 11.5 Å². The minimum atomic E-state index is -0.637. The van der Waals surface area contributed by atoms with E-state index in [0.29, 0.717) is 61.1 Å².